The van der Waals surface area contributed by atoms with Gasteiger partial charge >= 0.3 is 0 Å². The highest BCUT2D eigenvalue weighted by Gasteiger charge is 2.18. The van der Waals surface area contributed by atoms with Crippen LogP contribution in [-0.2, 0) is 16.0 Å². The summed E-state index contributed by atoms with van der Waals surface area (Å²) < 4.78 is 13.9. The van der Waals surface area contributed by atoms with Crippen LogP contribution < -0.4 is 16.0 Å². The van der Waals surface area contributed by atoms with Crippen LogP contribution in [0, 0.1) is 5.82 Å². The Morgan fingerprint density at radius 3 is 3.00 bits per heavy atom. The van der Waals surface area contributed by atoms with Crippen molar-refractivity contribution >= 4 is 23.2 Å². The summed E-state index contributed by atoms with van der Waals surface area (Å²) in [6.45, 7) is 4.08. The summed E-state index contributed by atoms with van der Waals surface area (Å²) in [7, 11) is 0. The van der Waals surface area contributed by atoms with E-state index < -0.39 is 5.82 Å². The molecular formula is C14H16FN3O2. The molecule has 6 heteroatoms. The number of carbonyl (C=O) groups is 2. The van der Waals surface area contributed by atoms with Gasteiger partial charge in [-0.25, -0.2) is 4.39 Å². The lowest BCUT2D eigenvalue weighted by molar-refractivity contribution is -0.116. The second-order valence-electron chi connectivity index (χ2n) is 4.51. The minimum Gasteiger partial charge on any atom is -0.326 e. The Bertz CT molecular complexity index is 558. The van der Waals surface area contributed by atoms with E-state index in [1.54, 1.807) is 6.08 Å². The van der Waals surface area contributed by atoms with Crippen molar-refractivity contribution in [1.29, 1.82) is 0 Å². The number of nitrogens with one attached hydrogen (secondary N) is 3. The normalized spacial score (nSPS) is 13.3. The molecule has 0 bridgehead atoms. The molecule has 1 heterocycles. The van der Waals surface area contributed by atoms with Crippen molar-refractivity contribution in [1.82, 2.24) is 5.32 Å². The first-order valence-corrected chi connectivity index (χ1v) is 6.34. The summed E-state index contributed by atoms with van der Waals surface area (Å²) in [6, 6.07) is 2.80. The van der Waals surface area contributed by atoms with Gasteiger partial charge in [0.25, 0.3) is 0 Å². The number of hydrogen-bond donors (Lipinski definition) is 3. The first-order valence-electron chi connectivity index (χ1n) is 6.34. The zero-order chi connectivity index (χ0) is 14.5. The maximum Gasteiger partial charge on any atom is 0.238 e. The maximum absolute atomic E-state index is 13.9. The van der Waals surface area contributed by atoms with Gasteiger partial charge in [-0.15, -0.1) is 6.58 Å². The zero-order valence-corrected chi connectivity index (χ0v) is 11.0. The lowest BCUT2D eigenvalue weighted by atomic mass is 10.0. The SMILES string of the molecule is C=CCNCC(=O)Nc1cc2c(cc1F)CCC(=O)N2. The summed E-state index contributed by atoms with van der Waals surface area (Å²) >= 11 is 0. The first-order chi connectivity index (χ1) is 9.60. The first kappa shape index (κ1) is 14.2. The Kier molecular flexibility index (Phi) is 4.47. The van der Waals surface area contributed by atoms with Gasteiger partial charge in [0.15, 0.2) is 0 Å². The van der Waals surface area contributed by atoms with E-state index in [0.29, 0.717) is 25.1 Å². The highest BCUT2D eigenvalue weighted by atomic mass is 19.1. The number of hydrogen-bond acceptors (Lipinski definition) is 3. The van der Waals surface area contributed by atoms with Crippen molar-refractivity contribution in [2.45, 2.75) is 12.8 Å². The summed E-state index contributed by atoms with van der Waals surface area (Å²) in [5.74, 6) is -0.959. The molecule has 0 aliphatic carbocycles. The Balaban J connectivity index is 2.08. The van der Waals surface area contributed by atoms with Crippen LogP contribution in [0.1, 0.15) is 12.0 Å². The topological polar surface area (TPSA) is 70.2 Å². The predicted molar refractivity (Wildman–Crippen MR) is 75.0 cm³/mol. The summed E-state index contributed by atoms with van der Waals surface area (Å²) in [5.41, 5.74) is 1.36. The molecule has 0 fully saturated rings. The molecule has 1 aliphatic rings. The number of anilines is 2. The van der Waals surface area contributed by atoms with Crippen LogP contribution in [0.2, 0.25) is 0 Å². The van der Waals surface area contributed by atoms with Crippen LogP contribution in [0.25, 0.3) is 0 Å². The van der Waals surface area contributed by atoms with Gasteiger partial charge in [0.05, 0.1) is 12.2 Å². The molecule has 2 amide bonds. The molecule has 1 aromatic carbocycles. The molecule has 20 heavy (non-hydrogen) atoms. The Morgan fingerprint density at radius 2 is 2.25 bits per heavy atom. The molecule has 0 spiro atoms. The van der Waals surface area contributed by atoms with Crippen LogP contribution in [0.3, 0.4) is 0 Å². The van der Waals surface area contributed by atoms with Crippen molar-refractivity contribution in [2.75, 3.05) is 23.7 Å². The van der Waals surface area contributed by atoms with Gasteiger partial charge in [-0.3, -0.25) is 9.59 Å². The van der Waals surface area contributed by atoms with Crippen molar-refractivity contribution < 1.29 is 14.0 Å². The van der Waals surface area contributed by atoms with E-state index in [0.717, 1.165) is 5.56 Å². The standard InChI is InChI=1S/C14H16FN3O2/c1-2-5-16-8-14(20)18-12-7-11-9(6-10(12)15)3-4-13(19)17-11/h2,6-7,16H,1,3-5,8H2,(H,17,19)(H,18,20). The molecule has 1 aromatic rings. The number of amides is 2. The van der Waals surface area contributed by atoms with E-state index in [2.05, 4.69) is 22.5 Å². The smallest absolute Gasteiger partial charge is 0.238 e. The maximum atomic E-state index is 13.9. The lowest BCUT2D eigenvalue weighted by Gasteiger charge is -2.18. The summed E-state index contributed by atoms with van der Waals surface area (Å²) in [5, 5.41) is 7.96. The number of fused-ring (bicyclic) bond motifs is 1. The number of rotatable bonds is 5. The summed E-state index contributed by atoms with van der Waals surface area (Å²) in [6.07, 6.45) is 2.49. The fraction of sp³-hybridized carbons (Fsp3) is 0.286. The van der Waals surface area contributed by atoms with Crippen LogP contribution >= 0.6 is 0 Å². The third kappa shape index (κ3) is 3.42. The average Bonchev–Trinajstić information content (AvgIpc) is 2.40. The molecule has 1 aliphatic heterocycles. The lowest BCUT2D eigenvalue weighted by Crippen LogP contribution is -2.28. The van der Waals surface area contributed by atoms with E-state index in [4.69, 9.17) is 0 Å². The highest BCUT2D eigenvalue weighted by Crippen LogP contribution is 2.28. The number of carbonyl (C=O) groups excluding carboxylic acids is 2. The molecule has 3 N–H and O–H groups in total. The van der Waals surface area contributed by atoms with Crippen LogP contribution in [-0.4, -0.2) is 24.9 Å². The Labute approximate surface area is 116 Å². The van der Waals surface area contributed by atoms with Gasteiger partial charge in [-0.1, -0.05) is 6.08 Å². The predicted octanol–water partition coefficient (Wildman–Crippen LogP) is 1.42. The second kappa shape index (κ2) is 6.29. The van der Waals surface area contributed by atoms with Crippen LogP contribution in [0.5, 0.6) is 0 Å². The number of aryl methyl sites for hydroxylation is 1. The summed E-state index contributed by atoms with van der Waals surface area (Å²) in [4.78, 5) is 22.9. The number of benzene rings is 1. The van der Waals surface area contributed by atoms with Crippen LogP contribution in [0.4, 0.5) is 15.8 Å². The van der Waals surface area contributed by atoms with Gasteiger partial charge in [0.1, 0.15) is 5.82 Å². The molecule has 0 radical (unpaired) electrons. The quantitative estimate of drug-likeness (QED) is 0.563. The molecule has 0 atom stereocenters. The van der Waals surface area contributed by atoms with Gasteiger partial charge < -0.3 is 16.0 Å². The third-order valence-corrected chi connectivity index (χ3v) is 2.94. The van der Waals surface area contributed by atoms with Crippen molar-refractivity contribution in [3.8, 4) is 0 Å². The monoisotopic (exact) mass is 277 g/mol. The Morgan fingerprint density at radius 1 is 1.45 bits per heavy atom. The molecule has 0 unspecified atom stereocenters. The van der Waals surface area contributed by atoms with Crippen molar-refractivity contribution in [2.24, 2.45) is 0 Å². The average molecular weight is 277 g/mol. The fourth-order valence-corrected chi connectivity index (χ4v) is 1.98. The largest absolute Gasteiger partial charge is 0.326 e. The van der Waals surface area contributed by atoms with E-state index in [1.807, 2.05) is 0 Å². The van der Waals surface area contributed by atoms with E-state index in [9.17, 15) is 14.0 Å². The van der Waals surface area contributed by atoms with E-state index >= 15 is 0 Å². The molecule has 0 saturated carbocycles. The number of halogens is 1. The zero-order valence-electron chi connectivity index (χ0n) is 11.0. The molecule has 0 aromatic heterocycles. The molecule has 0 saturated heterocycles. The third-order valence-electron chi connectivity index (χ3n) is 2.94. The second-order valence-corrected chi connectivity index (χ2v) is 4.51. The van der Waals surface area contributed by atoms with Gasteiger partial charge in [-0.05, 0) is 24.1 Å². The van der Waals surface area contributed by atoms with Crippen molar-refractivity contribution in [3.63, 3.8) is 0 Å². The van der Waals surface area contributed by atoms with Gasteiger partial charge in [-0.2, -0.15) is 0 Å². The van der Waals surface area contributed by atoms with E-state index in [1.165, 1.54) is 12.1 Å². The Hall–Kier alpha value is -2.21. The van der Waals surface area contributed by atoms with E-state index in [-0.39, 0.29) is 24.0 Å². The fourth-order valence-electron chi connectivity index (χ4n) is 1.98. The minimum atomic E-state index is -0.503. The highest BCUT2D eigenvalue weighted by molar-refractivity contribution is 5.97. The molecule has 2 rings (SSSR count). The van der Waals surface area contributed by atoms with Crippen molar-refractivity contribution in [3.05, 3.63) is 36.2 Å². The minimum absolute atomic E-state index is 0.0644. The van der Waals surface area contributed by atoms with Gasteiger partial charge in [0.2, 0.25) is 11.8 Å². The molecular weight excluding hydrogens is 261 g/mol. The molecule has 5 nitrogen and oxygen atoms in total. The molecule has 106 valence electrons. The van der Waals surface area contributed by atoms with Gasteiger partial charge in [0, 0.05) is 18.7 Å². The van der Waals surface area contributed by atoms with Crippen LogP contribution in [0.15, 0.2) is 24.8 Å².